The summed E-state index contributed by atoms with van der Waals surface area (Å²) in [7, 11) is 0. The maximum Gasteiger partial charge on any atom is 0.264 e. The molecule has 0 aliphatic rings. The van der Waals surface area contributed by atoms with Gasteiger partial charge in [-0.3, -0.25) is 9.89 Å². The van der Waals surface area contributed by atoms with Gasteiger partial charge in [-0.1, -0.05) is 0 Å². The Hall–Kier alpha value is -1.98. The first kappa shape index (κ1) is 6.71. The summed E-state index contributed by atoms with van der Waals surface area (Å²) in [5, 5.41) is 6.01. The van der Waals surface area contributed by atoms with Crippen molar-refractivity contribution in [3.05, 3.63) is 30.4 Å². The van der Waals surface area contributed by atoms with Crippen molar-refractivity contribution in [2.45, 2.75) is 0 Å². The fraction of sp³-hybridized carbons (Fsp3) is 0. The average molecular weight is 163 g/mol. The molecule has 0 amide bonds. The fourth-order valence-corrected chi connectivity index (χ4v) is 0.816. The molecule has 6 heteroatoms. The minimum Gasteiger partial charge on any atom is -0.342 e. The van der Waals surface area contributed by atoms with Gasteiger partial charge in [0.15, 0.2) is 11.6 Å². The van der Waals surface area contributed by atoms with Crippen molar-refractivity contribution < 1.29 is 4.79 Å². The van der Waals surface area contributed by atoms with E-state index in [0.29, 0.717) is 0 Å². The van der Waals surface area contributed by atoms with Crippen LogP contribution in [0.15, 0.2) is 18.7 Å². The van der Waals surface area contributed by atoms with Crippen molar-refractivity contribution in [2.75, 3.05) is 0 Å². The van der Waals surface area contributed by atoms with Crippen LogP contribution >= 0.6 is 0 Å². The number of H-pyrrole nitrogens is 2. The minimum absolute atomic E-state index is 0.185. The molecule has 0 saturated carbocycles. The van der Waals surface area contributed by atoms with Crippen LogP contribution in [0.1, 0.15) is 16.4 Å². The first-order valence-corrected chi connectivity index (χ1v) is 3.27. The van der Waals surface area contributed by atoms with Crippen molar-refractivity contribution >= 4 is 5.78 Å². The van der Waals surface area contributed by atoms with Crippen molar-refractivity contribution in [1.82, 2.24) is 25.1 Å². The highest BCUT2D eigenvalue weighted by molar-refractivity contribution is 6.03. The first-order chi connectivity index (χ1) is 5.88. The van der Waals surface area contributed by atoms with E-state index in [9.17, 15) is 4.79 Å². The van der Waals surface area contributed by atoms with Crippen LogP contribution in [0.5, 0.6) is 0 Å². The molecule has 0 bridgehead atoms. The van der Waals surface area contributed by atoms with E-state index in [-0.39, 0.29) is 17.4 Å². The van der Waals surface area contributed by atoms with Gasteiger partial charge in [-0.05, 0) is 0 Å². The van der Waals surface area contributed by atoms with Gasteiger partial charge in [0.1, 0.15) is 6.33 Å². The summed E-state index contributed by atoms with van der Waals surface area (Å²) < 4.78 is 0. The van der Waals surface area contributed by atoms with E-state index in [4.69, 9.17) is 0 Å². The summed E-state index contributed by atoms with van der Waals surface area (Å²) in [5.41, 5.74) is 0. The second-order valence-corrected chi connectivity index (χ2v) is 2.10. The number of nitrogens with one attached hydrogen (secondary N) is 2. The zero-order valence-electron chi connectivity index (χ0n) is 5.98. The van der Waals surface area contributed by atoms with Crippen LogP contribution < -0.4 is 0 Å². The van der Waals surface area contributed by atoms with Crippen LogP contribution in [0.2, 0.25) is 0 Å². The van der Waals surface area contributed by atoms with Gasteiger partial charge in [-0.15, -0.1) is 0 Å². The van der Waals surface area contributed by atoms with E-state index >= 15 is 0 Å². The molecule has 0 radical (unpaired) electrons. The molecule has 12 heavy (non-hydrogen) atoms. The Morgan fingerprint density at radius 2 is 2.25 bits per heavy atom. The van der Waals surface area contributed by atoms with Gasteiger partial charge in [0, 0.05) is 12.4 Å². The Balaban J connectivity index is 2.34. The van der Waals surface area contributed by atoms with Crippen LogP contribution in [0.25, 0.3) is 0 Å². The molecule has 2 heterocycles. The van der Waals surface area contributed by atoms with Crippen LogP contribution in [-0.2, 0) is 0 Å². The number of ketones is 1. The summed E-state index contributed by atoms with van der Waals surface area (Å²) in [5.74, 6) is 0.147. The van der Waals surface area contributed by atoms with E-state index in [0.717, 1.165) is 0 Å². The van der Waals surface area contributed by atoms with E-state index in [2.05, 4.69) is 25.1 Å². The van der Waals surface area contributed by atoms with Crippen LogP contribution in [0, 0.1) is 0 Å². The van der Waals surface area contributed by atoms with Gasteiger partial charge in [0.2, 0.25) is 0 Å². The normalized spacial score (nSPS) is 10.0. The molecule has 0 spiro atoms. The van der Waals surface area contributed by atoms with Gasteiger partial charge >= 0.3 is 0 Å². The summed E-state index contributed by atoms with van der Waals surface area (Å²) in [6.07, 6.45) is 4.35. The topological polar surface area (TPSA) is 87.3 Å². The van der Waals surface area contributed by atoms with Gasteiger partial charge in [-0.2, -0.15) is 5.10 Å². The number of imidazole rings is 1. The molecule has 2 N–H and O–H groups in total. The molecule has 0 saturated heterocycles. The molecule has 2 aromatic rings. The molecule has 0 fully saturated rings. The lowest BCUT2D eigenvalue weighted by Gasteiger charge is -1.88. The third-order valence-corrected chi connectivity index (χ3v) is 1.34. The highest BCUT2D eigenvalue weighted by Crippen LogP contribution is 1.96. The molecule has 60 valence electrons. The van der Waals surface area contributed by atoms with E-state index < -0.39 is 0 Å². The molecule has 0 aliphatic heterocycles. The van der Waals surface area contributed by atoms with Gasteiger partial charge in [0.25, 0.3) is 5.78 Å². The standard InChI is InChI=1S/C6H5N5O/c12-4(5-7-1-2-8-5)6-9-3-10-11-6/h1-3H,(H,7,8)(H,9,10,11). The molecule has 0 unspecified atom stereocenters. The van der Waals surface area contributed by atoms with Crippen LogP contribution in [0.3, 0.4) is 0 Å². The largest absolute Gasteiger partial charge is 0.342 e. The zero-order valence-corrected chi connectivity index (χ0v) is 5.98. The molecule has 2 aromatic heterocycles. The first-order valence-electron chi connectivity index (χ1n) is 3.27. The molecule has 2 rings (SSSR count). The van der Waals surface area contributed by atoms with Crippen molar-refractivity contribution in [3.63, 3.8) is 0 Å². The molecular formula is C6H5N5O. The Morgan fingerprint density at radius 3 is 2.83 bits per heavy atom. The van der Waals surface area contributed by atoms with Gasteiger partial charge in [-0.25, -0.2) is 9.97 Å². The summed E-state index contributed by atoms with van der Waals surface area (Å²) in [6, 6.07) is 0. The Labute approximate surface area is 67.1 Å². The minimum atomic E-state index is -0.294. The number of aromatic amines is 2. The quantitative estimate of drug-likeness (QED) is 0.598. The number of carbonyl (C=O) groups is 1. The Morgan fingerprint density at radius 1 is 1.33 bits per heavy atom. The maximum absolute atomic E-state index is 11.3. The molecule has 0 atom stereocenters. The number of hydrogen-bond donors (Lipinski definition) is 2. The molecular weight excluding hydrogens is 158 g/mol. The number of aromatic nitrogens is 5. The Kier molecular flexibility index (Phi) is 1.44. The molecule has 6 nitrogen and oxygen atoms in total. The van der Waals surface area contributed by atoms with Gasteiger partial charge < -0.3 is 4.98 Å². The smallest absolute Gasteiger partial charge is 0.264 e. The predicted octanol–water partition coefficient (Wildman–Crippen LogP) is -0.241. The van der Waals surface area contributed by atoms with E-state index in [1.54, 1.807) is 6.20 Å². The number of rotatable bonds is 2. The highest BCUT2D eigenvalue weighted by atomic mass is 16.1. The summed E-state index contributed by atoms with van der Waals surface area (Å²) in [6.45, 7) is 0. The third-order valence-electron chi connectivity index (χ3n) is 1.34. The predicted molar refractivity (Wildman–Crippen MR) is 38.4 cm³/mol. The summed E-state index contributed by atoms with van der Waals surface area (Å²) >= 11 is 0. The lowest BCUT2D eigenvalue weighted by Crippen LogP contribution is -2.05. The summed E-state index contributed by atoms with van der Waals surface area (Å²) in [4.78, 5) is 21.5. The second kappa shape index (κ2) is 2.57. The van der Waals surface area contributed by atoms with Crippen molar-refractivity contribution in [1.29, 1.82) is 0 Å². The number of nitrogens with zero attached hydrogens (tertiary/aromatic N) is 3. The van der Waals surface area contributed by atoms with Crippen molar-refractivity contribution in [2.24, 2.45) is 0 Å². The monoisotopic (exact) mass is 163 g/mol. The SMILES string of the molecule is O=C(c1ncc[nH]1)c1ncn[nH]1. The number of carbonyl (C=O) groups excluding carboxylic acids is 1. The third kappa shape index (κ3) is 0.986. The van der Waals surface area contributed by atoms with Crippen molar-refractivity contribution in [3.8, 4) is 0 Å². The average Bonchev–Trinajstić information content (AvgIpc) is 2.77. The van der Waals surface area contributed by atoms with Crippen LogP contribution in [0.4, 0.5) is 0 Å². The lowest BCUT2D eigenvalue weighted by molar-refractivity contribution is 0.102. The molecule has 0 aromatic carbocycles. The van der Waals surface area contributed by atoms with Crippen LogP contribution in [-0.4, -0.2) is 30.9 Å². The van der Waals surface area contributed by atoms with E-state index in [1.165, 1.54) is 12.5 Å². The van der Waals surface area contributed by atoms with E-state index in [1.807, 2.05) is 0 Å². The molecule has 0 aliphatic carbocycles. The highest BCUT2D eigenvalue weighted by Gasteiger charge is 2.13. The zero-order chi connectivity index (χ0) is 8.39. The Bertz CT molecular complexity index is 326. The van der Waals surface area contributed by atoms with Gasteiger partial charge in [0.05, 0.1) is 0 Å². The fourth-order valence-electron chi connectivity index (χ4n) is 0.816. The maximum atomic E-state index is 11.3. The second-order valence-electron chi connectivity index (χ2n) is 2.10. The lowest BCUT2D eigenvalue weighted by atomic mass is 10.3. The number of hydrogen-bond acceptors (Lipinski definition) is 4.